The molecule has 0 atom stereocenters. The minimum absolute atomic E-state index is 0.110. The van der Waals surface area contributed by atoms with Crippen molar-refractivity contribution in [3.63, 3.8) is 0 Å². The van der Waals surface area contributed by atoms with E-state index in [-0.39, 0.29) is 28.8 Å². The first-order chi connectivity index (χ1) is 11.5. The van der Waals surface area contributed by atoms with Gasteiger partial charge in [0.2, 0.25) is 5.91 Å². The van der Waals surface area contributed by atoms with Crippen molar-refractivity contribution in [1.82, 2.24) is 4.90 Å². The summed E-state index contributed by atoms with van der Waals surface area (Å²) in [7, 11) is 0. The van der Waals surface area contributed by atoms with Crippen molar-refractivity contribution in [3.05, 3.63) is 68.7 Å². The van der Waals surface area contributed by atoms with E-state index in [0.717, 1.165) is 13.0 Å². The monoisotopic (exact) mass is 345 g/mol. The van der Waals surface area contributed by atoms with E-state index in [9.17, 15) is 14.9 Å². The lowest BCUT2D eigenvalue weighted by Crippen LogP contribution is -2.37. The van der Waals surface area contributed by atoms with Crippen LogP contribution in [0.15, 0.2) is 42.5 Å². The van der Waals surface area contributed by atoms with Gasteiger partial charge in [-0.3, -0.25) is 19.8 Å². The summed E-state index contributed by atoms with van der Waals surface area (Å²) in [5.74, 6) is -0.239. The van der Waals surface area contributed by atoms with Gasteiger partial charge in [-0.15, -0.1) is 0 Å². The molecule has 0 saturated carbocycles. The van der Waals surface area contributed by atoms with Gasteiger partial charge in [-0.1, -0.05) is 35.9 Å². The first-order valence-electron chi connectivity index (χ1n) is 7.56. The second-order valence-electron chi connectivity index (χ2n) is 5.70. The van der Waals surface area contributed by atoms with Crippen LogP contribution in [-0.2, 0) is 17.8 Å². The third-order valence-corrected chi connectivity index (χ3v) is 4.34. The van der Waals surface area contributed by atoms with Gasteiger partial charge in [-0.25, -0.2) is 0 Å². The highest BCUT2D eigenvalue weighted by Crippen LogP contribution is 2.26. The molecule has 1 heterocycles. The predicted molar refractivity (Wildman–Crippen MR) is 92.2 cm³/mol. The number of non-ortho nitro benzene ring substituents is 1. The molecule has 7 heteroatoms. The molecular weight excluding hydrogens is 330 g/mol. The largest absolute Gasteiger partial charge is 0.323 e. The van der Waals surface area contributed by atoms with Gasteiger partial charge in [-0.2, -0.15) is 0 Å². The minimum Gasteiger partial charge on any atom is -0.323 e. The van der Waals surface area contributed by atoms with Crippen LogP contribution in [0.3, 0.4) is 0 Å². The molecule has 2 aromatic carbocycles. The molecule has 124 valence electrons. The maximum atomic E-state index is 12.2. The average Bonchev–Trinajstić information content (AvgIpc) is 2.56. The van der Waals surface area contributed by atoms with E-state index in [0.29, 0.717) is 6.54 Å². The van der Waals surface area contributed by atoms with Gasteiger partial charge in [-0.05, 0) is 23.6 Å². The summed E-state index contributed by atoms with van der Waals surface area (Å²) in [6, 6.07) is 12.2. The van der Waals surface area contributed by atoms with Crippen LogP contribution in [0, 0.1) is 10.1 Å². The standard InChI is InChI=1S/C17H16ClN3O3/c18-15-6-5-14(21(23)24)9-16(15)19-17(22)11-20-8-7-12-3-1-2-4-13(12)10-20/h1-6,9H,7-8,10-11H2,(H,19,22). The summed E-state index contributed by atoms with van der Waals surface area (Å²) >= 11 is 6.00. The first kappa shape index (κ1) is 16.4. The Labute approximate surface area is 144 Å². The van der Waals surface area contributed by atoms with Crippen LogP contribution in [0.2, 0.25) is 5.02 Å². The Kier molecular flexibility index (Phi) is 4.78. The van der Waals surface area contributed by atoms with Crippen LogP contribution in [0.1, 0.15) is 11.1 Å². The van der Waals surface area contributed by atoms with Gasteiger partial charge in [0.05, 0.1) is 22.2 Å². The number of amides is 1. The molecular formula is C17H16ClN3O3. The first-order valence-corrected chi connectivity index (χ1v) is 7.93. The van der Waals surface area contributed by atoms with Crippen molar-refractivity contribution in [3.8, 4) is 0 Å². The molecule has 1 aliphatic heterocycles. The highest BCUT2D eigenvalue weighted by Gasteiger charge is 2.19. The third kappa shape index (κ3) is 3.72. The number of anilines is 1. The molecule has 0 spiro atoms. The number of nitrogens with zero attached hydrogens (tertiary/aromatic N) is 2. The average molecular weight is 346 g/mol. The number of fused-ring (bicyclic) bond motifs is 1. The van der Waals surface area contributed by atoms with Crippen LogP contribution in [0.5, 0.6) is 0 Å². The number of halogens is 1. The molecule has 6 nitrogen and oxygen atoms in total. The summed E-state index contributed by atoms with van der Waals surface area (Å²) < 4.78 is 0. The smallest absolute Gasteiger partial charge is 0.271 e. The number of nitro benzene ring substituents is 1. The van der Waals surface area contributed by atoms with Gasteiger partial charge in [0, 0.05) is 25.2 Å². The Morgan fingerprint density at radius 1 is 1.25 bits per heavy atom. The normalized spacial score (nSPS) is 14.0. The fourth-order valence-electron chi connectivity index (χ4n) is 2.80. The highest BCUT2D eigenvalue weighted by atomic mass is 35.5. The molecule has 2 aromatic rings. The van der Waals surface area contributed by atoms with Gasteiger partial charge < -0.3 is 5.32 Å². The van der Waals surface area contributed by atoms with E-state index in [1.165, 1.54) is 29.3 Å². The molecule has 1 amide bonds. The number of rotatable bonds is 4. The summed E-state index contributed by atoms with van der Waals surface area (Å²) in [5.41, 5.74) is 2.69. The summed E-state index contributed by atoms with van der Waals surface area (Å²) in [6.45, 7) is 1.73. The number of nitro groups is 1. The number of hydrogen-bond acceptors (Lipinski definition) is 4. The zero-order valence-corrected chi connectivity index (χ0v) is 13.6. The number of carbonyl (C=O) groups is 1. The van der Waals surface area contributed by atoms with E-state index in [2.05, 4.69) is 17.4 Å². The Morgan fingerprint density at radius 3 is 2.75 bits per heavy atom. The Hall–Kier alpha value is -2.44. The van der Waals surface area contributed by atoms with Crippen molar-refractivity contribution in [2.75, 3.05) is 18.4 Å². The summed E-state index contributed by atoms with van der Waals surface area (Å²) in [4.78, 5) is 24.6. The maximum Gasteiger partial charge on any atom is 0.271 e. The Morgan fingerprint density at radius 2 is 2.00 bits per heavy atom. The van der Waals surface area contributed by atoms with Crippen molar-refractivity contribution >= 4 is 28.9 Å². The van der Waals surface area contributed by atoms with Gasteiger partial charge in [0.25, 0.3) is 5.69 Å². The van der Waals surface area contributed by atoms with Gasteiger partial charge in [0.15, 0.2) is 0 Å². The van der Waals surface area contributed by atoms with Gasteiger partial charge >= 0.3 is 0 Å². The van der Waals surface area contributed by atoms with Gasteiger partial charge in [0.1, 0.15) is 0 Å². The SMILES string of the molecule is O=C(CN1CCc2ccccc2C1)Nc1cc([N+](=O)[O-])ccc1Cl. The third-order valence-electron chi connectivity index (χ3n) is 4.01. The van der Waals surface area contributed by atoms with Crippen LogP contribution in [0.25, 0.3) is 0 Å². The zero-order chi connectivity index (χ0) is 17.1. The molecule has 24 heavy (non-hydrogen) atoms. The number of hydrogen-bond donors (Lipinski definition) is 1. The van der Waals surface area contributed by atoms with Crippen molar-refractivity contribution in [1.29, 1.82) is 0 Å². The van der Waals surface area contributed by atoms with Crippen molar-refractivity contribution in [2.45, 2.75) is 13.0 Å². The highest BCUT2D eigenvalue weighted by molar-refractivity contribution is 6.33. The lowest BCUT2D eigenvalue weighted by Gasteiger charge is -2.28. The van der Waals surface area contributed by atoms with Crippen LogP contribution < -0.4 is 5.32 Å². The molecule has 0 aliphatic carbocycles. The van der Waals surface area contributed by atoms with E-state index >= 15 is 0 Å². The zero-order valence-electron chi connectivity index (χ0n) is 12.9. The predicted octanol–water partition coefficient (Wildman–Crippen LogP) is 3.25. The maximum absolute atomic E-state index is 12.2. The second kappa shape index (κ2) is 6.98. The fourth-order valence-corrected chi connectivity index (χ4v) is 2.97. The number of nitrogens with one attached hydrogen (secondary N) is 1. The summed E-state index contributed by atoms with van der Waals surface area (Å²) in [5, 5.41) is 13.8. The quantitative estimate of drug-likeness (QED) is 0.681. The molecule has 0 aromatic heterocycles. The van der Waals surface area contributed by atoms with E-state index in [1.54, 1.807) is 0 Å². The lowest BCUT2D eigenvalue weighted by molar-refractivity contribution is -0.384. The fraction of sp³-hybridized carbons (Fsp3) is 0.235. The topological polar surface area (TPSA) is 75.5 Å². The molecule has 1 N–H and O–H groups in total. The Balaban J connectivity index is 1.65. The molecule has 0 saturated heterocycles. The molecule has 0 bridgehead atoms. The molecule has 0 radical (unpaired) electrons. The Bertz CT molecular complexity index is 794. The molecule has 0 unspecified atom stereocenters. The van der Waals surface area contributed by atoms with E-state index in [1.807, 2.05) is 17.0 Å². The summed E-state index contributed by atoms with van der Waals surface area (Å²) in [6.07, 6.45) is 0.904. The van der Waals surface area contributed by atoms with Crippen LogP contribution >= 0.6 is 11.6 Å². The second-order valence-corrected chi connectivity index (χ2v) is 6.11. The number of benzene rings is 2. The van der Waals surface area contributed by atoms with E-state index in [4.69, 9.17) is 11.6 Å². The molecule has 0 fully saturated rings. The lowest BCUT2D eigenvalue weighted by atomic mass is 10.00. The molecule has 3 rings (SSSR count). The number of carbonyl (C=O) groups excluding carboxylic acids is 1. The van der Waals surface area contributed by atoms with Crippen molar-refractivity contribution in [2.24, 2.45) is 0 Å². The van der Waals surface area contributed by atoms with Crippen LogP contribution in [-0.4, -0.2) is 28.8 Å². The molecule has 1 aliphatic rings. The minimum atomic E-state index is -0.520. The van der Waals surface area contributed by atoms with E-state index < -0.39 is 4.92 Å². The van der Waals surface area contributed by atoms with Crippen molar-refractivity contribution < 1.29 is 9.72 Å². The van der Waals surface area contributed by atoms with Crippen LogP contribution in [0.4, 0.5) is 11.4 Å².